The van der Waals surface area contributed by atoms with Crippen molar-refractivity contribution < 1.29 is 28.6 Å². The molecule has 0 rings (SSSR count). The Morgan fingerprint density at radius 3 is 0.772 bits per heavy atom. The van der Waals surface area contributed by atoms with E-state index in [-0.39, 0.29) is 13.2 Å². The topological polar surface area (TPSA) is 115 Å². The van der Waals surface area contributed by atoms with Crippen molar-refractivity contribution in [2.75, 3.05) is 32.8 Å². The summed E-state index contributed by atoms with van der Waals surface area (Å²) in [6.45, 7) is 7.99. The zero-order chi connectivity index (χ0) is 41.5. The lowest BCUT2D eigenvalue weighted by atomic mass is 10.1. The van der Waals surface area contributed by atoms with Gasteiger partial charge in [-0.15, -0.1) is 0 Å². The SMILES string of the molecule is CCCCCCCCCCCCCCNC(=O)OCC(COC(=O)NCCCCCCCCCCCCCC)OC(=O)NCCCCCCCCCCCCCC. The maximum absolute atomic E-state index is 12.6. The Bertz CT molecular complexity index is 814. The van der Waals surface area contributed by atoms with E-state index in [1.807, 2.05) is 0 Å². The normalized spacial score (nSPS) is 11.2. The predicted octanol–water partition coefficient (Wildman–Crippen LogP) is 14.6. The first-order valence-electron chi connectivity index (χ1n) is 24.8. The third-order valence-electron chi connectivity index (χ3n) is 11.0. The third-order valence-corrected chi connectivity index (χ3v) is 11.0. The molecule has 0 aromatic carbocycles. The van der Waals surface area contributed by atoms with Gasteiger partial charge in [0.2, 0.25) is 0 Å². The zero-order valence-corrected chi connectivity index (χ0v) is 38.0. The monoisotopic (exact) mass is 810 g/mol. The number of unbranched alkanes of at least 4 members (excludes halogenated alkanes) is 33. The van der Waals surface area contributed by atoms with E-state index < -0.39 is 24.4 Å². The van der Waals surface area contributed by atoms with E-state index in [0.29, 0.717) is 19.6 Å². The molecule has 57 heavy (non-hydrogen) atoms. The van der Waals surface area contributed by atoms with Gasteiger partial charge in [0, 0.05) is 19.6 Å². The molecule has 0 aliphatic heterocycles. The number of hydrogen-bond donors (Lipinski definition) is 3. The Labute approximate surface area is 352 Å². The highest BCUT2D eigenvalue weighted by atomic mass is 16.6. The second kappa shape index (κ2) is 46.5. The fourth-order valence-corrected chi connectivity index (χ4v) is 7.22. The molecule has 3 N–H and O–H groups in total. The van der Waals surface area contributed by atoms with Crippen LogP contribution in [-0.4, -0.2) is 57.2 Å². The van der Waals surface area contributed by atoms with Gasteiger partial charge in [-0.2, -0.15) is 0 Å². The van der Waals surface area contributed by atoms with E-state index in [1.165, 1.54) is 193 Å². The van der Waals surface area contributed by atoms with Crippen LogP contribution in [0.2, 0.25) is 0 Å². The minimum atomic E-state index is -0.901. The summed E-state index contributed by atoms with van der Waals surface area (Å²) in [4.78, 5) is 37.5. The van der Waals surface area contributed by atoms with Crippen LogP contribution in [-0.2, 0) is 14.2 Å². The van der Waals surface area contributed by atoms with Gasteiger partial charge in [0.1, 0.15) is 13.2 Å². The molecule has 0 atom stereocenters. The third kappa shape index (κ3) is 44.8. The van der Waals surface area contributed by atoms with Gasteiger partial charge in [-0.1, -0.05) is 233 Å². The van der Waals surface area contributed by atoms with Crippen LogP contribution in [0.15, 0.2) is 0 Å². The summed E-state index contributed by atoms with van der Waals surface area (Å²) in [6, 6.07) is 0. The summed E-state index contributed by atoms with van der Waals surface area (Å²) < 4.78 is 16.3. The minimum Gasteiger partial charge on any atom is -0.445 e. The van der Waals surface area contributed by atoms with Gasteiger partial charge in [0.15, 0.2) is 6.10 Å². The number of nitrogens with one attached hydrogen (secondary N) is 3. The molecule has 0 aromatic heterocycles. The van der Waals surface area contributed by atoms with Gasteiger partial charge in [0.05, 0.1) is 0 Å². The van der Waals surface area contributed by atoms with Crippen molar-refractivity contribution in [3.8, 4) is 0 Å². The average Bonchev–Trinajstić information content (AvgIpc) is 3.21. The molecule has 0 saturated carbocycles. The molecule has 0 heterocycles. The van der Waals surface area contributed by atoms with Crippen LogP contribution in [0.4, 0.5) is 14.4 Å². The van der Waals surface area contributed by atoms with E-state index in [0.717, 1.165) is 38.5 Å². The minimum absolute atomic E-state index is 0.192. The summed E-state index contributed by atoms with van der Waals surface area (Å²) in [5.74, 6) is 0. The van der Waals surface area contributed by atoms with Crippen LogP contribution in [0.1, 0.15) is 252 Å². The Kier molecular flexibility index (Phi) is 44.7. The Hall–Kier alpha value is -2.19. The van der Waals surface area contributed by atoms with E-state index >= 15 is 0 Å². The van der Waals surface area contributed by atoms with E-state index in [4.69, 9.17) is 14.2 Å². The van der Waals surface area contributed by atoms with Crippen molar-refractivity contribution in [2.45, 2.75) is 258 Å². The number of rotatable bonds is 44. The lowest BCUT2D eigenvalue weighted by Crippen LogP contribution is -2.38. The Balaban J connectivity index is 4.31. The molecule has 0 radical (unpaired) electrons. The molecular formula is C48H95N3O6. The number of ether oxygens (including phenoxy) is 3. The number of amides is 3. The molecule has 338 valence electrons. The largest absolute Gasteiger partial charge is 0.445 e. The first-order valence-corrected chi connectivity index (χ1v) is 24.8. The maximum atomic E-state index is 12.6. The van der Waals surface area contributed by atoms with Crippen LogP contribution < -0.4 is 16.0 Å². The molecule has 0 aliphatic rings. The second-order valence-electron chi connectivity index (χ2n) is 16.7. The standard InChI is InChI=1S/C48H95N3O6/c1-4-7-10-13-16-19-22-25-28-31-34-37-40-49-46(52)55-43-45(57-48(54)51-42-39-36-33-30-27-24-21-18-15-12-9-6-3)44-56-47(53)50-41-38-35-32-29-26-23-20-17-14-11-8-5-2/h45H,4-44H2,1-3H3,(H,49,52)(H,50,53)(H,51,54). The van der Waals surface area contributed by atoms with Crippen molar-refractivity contribution in [2.24, 2.45) is 0 Å². The van der Waals surface area contributed by atoms with E-state index in [9.17, 15) is 14.4 Å². The highest BCUT2D eigenvalue weighted by molar-refractivity contribution is 5.69. The molecule has 0 unspecified atom stereocenters. The molecule has 0 aromatic rings. The van der Waals surface area contributed by atoms with Crippen LogP contribution in [0.3, 0.4) is 0 Å². The molecule has 0 saturated heterocycles. The average molecular weight is 810 g/mol. The fraction of sp³-hybridized carbons (Fsp3) is 0.938. The summed E-state index contributed by atoms with van der Waals surface area (Å²) in [7, 11) is 0. The van der Waals surface area contributed by atoms with Crippen molar-refractivity contribution in [1.82, 2.24) is 16.0 Å². The van der Waals surface area contributed by atoms with Crippen LogP contribution >= 0.6 is 0 Å². The highest BCUT2D eigenvalue weighted by Gasteiger charge is 2.19. The maximum Gasteiger partial charge on any atom is 0.407 e. The van der Waals surface area contributed by atoms with Gasteiger partial charge in [-0.05, 0) is 19.3 Å². The molecule has 0 bridgehead atoms. The smallest absolute Gasteiger partial charge is 0.407 e. The van der Waals surface area contributed by atoms with Crippen molar-refractivity contribution in [3.05, 3.63) is 0 Å². The van der Waals surface area contributed by atoms with Gasteiger partial charge in [-0.25, -0.2) is 14.4 Å². The molecule has 0 fully saturated rings. The predicted molar refractivity (Wildman–Crippen MR) is 240 cm³/mol. The van der Waals surface area contributed by atoms with Crippen molar-refractivity contribution in [1.29, 1.82) is 0 Å². The molecule has 0 spiro atoms. The summed E-state index contributed by atoms with van der Waals surface area (Å²) in [5.41, 5.74) is 0. The summed E-state index contributed by atoms with van der Waals surface area (Å²) in [5, 5.41) is 8.41. The van der Waals surface area contributed by atoms with Gasteiger partial charge in [-0.3, -0.25) is 0 Å². The van der Waals surface area contributed by atoms with Crippen molar-refractivity contribution in [3.63, 3.8) is 0 Å². The first kappa shape index (κ1) is 54.8. The van der Waals surface area contributed by atoms with E-state index in [2.05, 4.69) is 36.7 Å². The van der Waals surface area contributed by atoms with Gasteiger partial charge in [0.25, 0.3) is 0 Å². The molecule has 9 heteroatoms. The number of carbonyl (C=O) groups is 3. The zero-order valence-electron chi connectivity index (χ0n) is 38.0. The van der Waals surface area contributed by atoms with Crippen LogP contribution in [0.5, 0.6) is 0 Å². The summed E-state index contributed by atoms with van der Waals surface area (Å²) in [6.07, 6.45) is 42.7. The highest BCUT2D eigenvalue weighted by Crippen LogP contribution is 2.14. The van der Waals surface area contributed by atoms with Gasteiger partial charge < -0.3 is 30.2 Å². The van der Waals surface area contributed by atoms with Crippen LogP contribution in [0, 0.1) is 0 Å². The number of alkyl carbamates (subject to hydrolysis) is 3. The lowest BCUT2D eigenvalue weighted by Gasteiger charge is -2.19. The number of carbonyl (C=O) groups excluding carboxylic acids is 3. The lowest BCUT2D eigenvalue weighted by molar-refractivity contribution is 0.00737. The number of hydrogen-bond acceptors (Lipinski definition) is 6. The van der Waals surface area contributed by atoms with Crippen LogP contribution in [0.25, 0.3) is 0 Å². The van der Waals surface area contributed by atoms with Crippen molar-refractivity contribution >= 4 is 18.3 Å². The van der Waals surface area contributed by atoms with E-state index in [1.54, 1.807) is 0 Å². The molecule has 0 aliphatic carbocycles. The quantitative estimate of drug-likeness (QED) is 0.0417. The Morgan fingerprint density at radius 2 is 0.526 bits per heavy atom. The summed E-state index contributed by atoms with van der Waals surface area (Å²) >= 11 is 0. The molecule has 3 amide bonds. The fourth-order valence-electron chi connectivity index (χ4n) is 7.22. The molecular weight excluding hydrogens is 715 g/mol. The first-order chi connectivity index (χ1) is 28.0. The van der Waals surface area contributed by atoms with Gasteiger partial charge >= 0.3 is 18.3 Å². The second-order valence-corrected chi connectivity index (χ2v) is 16.7. The Morgan fingerprint density at radius 1 is 0.316 bits per heavy atom. The molecule has 9 nitrogen and oxygen atoms in total.